The molecule has 0 aromatic heterocycles. The summed E-state index contributed by atoms with van der Waals surface area (Å²) >= 11 is 0. The van der Waals surface area contributed by atoms with E-state index in [0.29, 0.717) is 18.9 Å². The lowest BCUT2D eigenvalue weighted by Gasteiger charge is -2.26. The molecule has 12 heteroatoms. The van der Waals surface area contributed by atoms with Crippen LogP contribution in [0.1, 0.15) is 11.1 Å². The van der Waals surface area contributed by atoms with Crippen LogP contribution >= 0.6 is 0 Å². The molecule has 0 saturated carbocycles. The summed E-state index contributed by atoms with van der Waals surface area (Å²) in [7, 11) is -6.56. The SMILES string of the molecule is COc1ccc(S(=O)(=O)N2CCOCC2)cc1NC(=O)CN(c1cccc(C)c1)S(=O)(=O)c1ccc(C)cc1. The average molecular weight is 574 g/mol. The van der Waals surface area contributed by atoms with E-state index in [0.717, 1.165) is 15.4 Å². The third kappa shape index (κ3) is 6.41. The number of anilines is 2. The Labute approximate surface area is 229 Å². The molecule has 1 saturated heterocycles. The topological polar surface area (TPSA) is 122 Å². The first-order valence-electron chi connectivity index (χ1n) is 12.2. The first kappa shape index (κ1) is 28.6. The number of nitrogens with one attached hydrogen (secondary N) is 1. The van der Waals surface area contributed by atoms with E-state index in [2.05, 4.69) is 5.32 Å². The summed E-state index contributed by atoms with van der Waals surface area (Å²) in [5.74, 6) is -0.445. The van der Waals surface area contributed by atoms with Crippen LogP contribution in [0.5, 0.6) is 5.75 Å². The van der Waals surface area contributed by atoms with Crippen LogP contribution in [-0.4, -0.2) is 67.0 Å². The number of benzene rings is 3. The molecule has 0 bridgehead atoms. The third-order valence-electron chi connectivity index (χ3n) is 6.24. The Morgan fingerprint density at radius 2 is 1.59 bits per heavy atom. The zero-order valence-corrected chi connectivity index (χ0v) is 23.6. The number of ether oxygens (including phenoxy) is 2. The fourth-order valence-electron chi connectivity index (χ4n) is 4.14. The van der Waals surface area contributed by atoms with E-state index in [9.17, 15) is 21.6 Å². The van der Waals surface area contributed by atoms with Gasteiger partial charge in [-0.05, 0) is 61.9 Å². The van der Waals surface area contributed by atoms with Gasteiger partial charge >= 0.3 is 0 Å². The zero-order valence-electron chi connectivity index (χ0n) is 22.0. The highest BCUT2D eigenvalue weighted by Crippen LogP contribution is 2.30. The number of amides is 1. The number of sulfonamides is 2. The smallest absolute Gasteiger partial charge is 0.264 e. The normalized spacial score (nSPS) is 14.5. The molecule has 208 valence electrons. The molecule has 39 heavy (non-hydrogen) atoms. The first-order chi connectivity index (χ1) is 18.5. The maximum absolute atomic E-state index is 13.7. The van der Waals surface area contributed by atoms with Crippen molar-refractivity contribution >= 4 is 37.3 Å². The van der Waals surface area contributed by atoms with Crippen molar-refractivity contribution in [2.24, 2.45) is 0 Å². The van der Waals surface area contributed by atoms with Crippen LogP contribution in [-0.2, 0) is 29.6 Å². The molecule has 0 radical (unpaired) electrons. The zero-order chi connectivity index (χ0) is 28.2. The number of hydrogen-bond acceptors (Lipinski definition) is 7. The monoisotopic (exact) mass is 573 g/mol. The van der Waals surface area contributed by atoms with E-state index in [4.69, 9.17) is 9.47 Å². The molecule has 3 aromatic carbocycles. The lowest BCUT2D eigenvalue weighted by atomic mass is 10.2. The van der Waals surface area contributed by atoms with Crippen LogP contribution in [0.2, 0.25) is 0 Å². The lowest BCUT2D eigenvalue weighted by Crippen LogP contribution is -2.40. The van der Waals surface area contributed by atoms with Crippen molar-refractivity contribution in [2.45, 2.75) is 23.6 Å². The van der Waals surface area contributed by atoms with Gasteiger partial charge < -0.3 is 14.8 Å². The summed E-state index contributed by atoms with van der Waals surface area (Å²) in [6, 6.07) is 17.4. The minimum absolute atomic E-state index is 0.0247. The molecule has 1 aliphatic rings. The van der Waals surface area contributed by atoms with Crippen molar-refractivity contribution in [2.75, 3.05) is 49.6 Å². The minimum atomic E-state index is -4.11. The van der Waals surface area contributed by atoms with Crippen LogP contribution in [0.3, 0.4) is 0 Å². The number of morpholine rings is 1. The fraction of sp³-hybridized carbons (Fsp3) is 0.296. The van der Waals surface area contributed by atoms with E-state index in [1.807, 2.05) is 19.9 Å². The Bertz CT molecular complexity index is 1550. The Kier molecular flexibility index (Phi) is 8.60. The predicted molar refractivity (Wildman–Crippen MR) is 148 cm³/mol. The maximum Gasteiger partial charge on any atom is 0.264 e. The average Bonchev–Trinajstić information content (AvgIpc) is 2.92. The van der Waals surface area contributed by atoms with Crippen LogP contribution in [0.25, 0.3) is 0 Å². The largest absolute Gasteiger partial charge is 0.495 e. The van der Waals surface area contributed by atoms with E-state index in [-0.39, 0.29) is 34.3 Å². The summed E-state index contributed by atoms with van der Waals surface area (Å²) < 4.78 is 66.6. The van der Waals surface area contributed by atoms with Gasteiger partial charge in [0.1, 0.15) is 12.3 Å². The van der Waals surface area contributed by atoms with E-state index in [1.165, 1.54) is 41.7 Å². The Morgan fingerprint density at radius 3 is 2.23 bits per heavy atom. The molecule has 10 nitrogen and oxygen atoms in total. The molecule has 1 aliphatic heterocycles. The van der Waals surface area contributed by atoms with E-state index < -0.39 is 32.5 Å². The van der Waals surface area contributed by atoms with Gasteiger partial charge in [-0.2, -0.15) is 4.31 Å². The van der Waals surface area contributed by atoms with Crippen molar-refractivity contribution in [3.8, 4) is 5.75 Å². The maximum atomic E-state index is 13.7. The molecular weight excluding hydrogens is 542 g/mol. The minimum Gasteiger partial charge on any atom is -0.495 e. The van der Waals surface area contributed by atoms with Crippen molar-refractivity contribution in [1.29, 1.82) is 0 Å². The second-order valence-corrected chi connectivity index (χ2v) is 12.9. The Hall–Kier alpha value is -3.45. The van der Waals surface area contributed by atoms with Gasteiger partial charge in [-0.15, -0.1) is 0 Å². The van der Waals surface area contributed by atoms with Crippen molar-refractivity contribution in [3.63, 3.8) is 0 Å². The molecule has 0 unspecified atom stereocenters. The van der Waals surface area contributed by atoms with E-state index in [1.54, 1.807) is 30.3 Å². The molecule has 1 amide bonds. The van der Waals surface area contributed by atoms with Gasteiger partial charge in [-0.25, -0.2) is 16.8 Å². The molecular formula is C27H31N3O7S2. The summed E-state index contributed by atoms with van der Waals surface area (Å²) in [4.78, 5) is 13.3. The number of methoxy groups -OCH3 is 1. The van der Waals surface area contributed by atoms with Crippen molar-refractivity contribution in [1.82, 2.24) is 4.31 Å². The molecule has 0 spiro atoms. The molecule has 4 rings (SSSR count). The molecule has 1 heterocycles. The van der Waals surface area contributed by atoms with Gasteiger partial charge in [0, 0.05) is 13.1 Å². The Morgan fingerprint density at radius 1 is 0.923 bits per heavy atom. The second kappa shape index (κ2) is 11.7. The second-order valence-electron chi connectivity index (χ2n) is 9.09. The van der Waals surface area contributed by atoms with Gasteiger partial charge in [0.05, 0.1) is 41.5 Å². The predicted octanol–water partition coefficient (Wildman–Crippen LogP) is 3.17. The van der Waals surface area contributed by atoms with Crippen LogP contribution in [0.4, 0.5) is 11.4 Å². The summed E-state index contributed by atoms with van der Waals surface area (Å²) in [5.41, 5.74) is 2.14. The quantitative estimate of drug-likeness (QED) is 0.417. The molecule has 1 N–H and O–H groups in total. The van der Waals surface area contributed by atoms with Crippen molar-refractivity contribution < 1.29 is 31.1 Å². The summed E-state index contributed by atoms with van der Waals surface area (Å²) in [6.07, 6.45) is 0. The number of carbonyl (C=O) groups excluding carboxylic acids is 1. The highest BCUT2D eigenvalue weighted by molar-refractivity contribution is 7.92. The van der Waals surface area contributed by atoms with Gasteiger partial charge in [0.2, 0.25) is 15.9 Å². The molecule has 0 aliphatic carbocycles. The summed E-state index contributed by atoms with van der Waals surface area (Å²) in [5, 5.41) is 2.65. The molecule has 0 atom stereocenters. The lowest BCUT2D eigenvalue weighted by molar-refractivity contribution is -0.114. The standard InChI is InChI=1S/C27H31N3O7S2/c1-20-7-9-23(10-8-20)39(34,35)30(22-6-4-5-21(2)17-22)19-27(31)28-25-18-24(11-12-26(25)36-3)38(32,33)29-13-15-37-16-14-29/h4-12,17-18H,13-16,19H2,1-3H3,(H,28,31). The Balaban J connectivity index is 1.65. The van der Waals surface area contributed by atoms with Crippen LogP contribution < -0.4 is 14.4 Å². The molecule has 1 fully saturated rings. The van der Waals surface area contributed by atoms with Gasteiger partial charge in [0.15, 0.2) is 0 Å². The number of aryl methyl sites for hydroxylation is 2. The fourth-order valence-corrected chi connectivity index (χ4v) is 6.98. The number of rotatable bonds is 9. The third-order valence-corrected chi connectivity index (χ3v) is 9.92. The summed E-state index contributed by atoms with van der Waals surface area (Å²) in [6.45, 7) is 4.15. The first-order valence-corrected chi connectivity index (χ1v) is 15.1. The van der Waals surface area contributed by atoms with Gasteiger partial charge in [0.25, 0.3) is 10.0 Å². The van der Waals surface area contributed by atoms with Crippen LogP contribution in [0.15, 0.2) is 76.5 Å². The van der Waals surface area contributed by atoms with E-state index >= 15 is 0 Å². The molecule has 3 aromatic rings. The highest BCUT2D eigenvalue weighted by Gasteiger charge is 2.29. The van der Waals surface area contributed by atoms with Gasteiger partial charge in [-0.1, -0.05) is 29.8 Å². The number of nitrogens with zero attached hydrogens (tertiary/aromatic N) is 2. The highest BCUT2D eigenvalue weighted by atomic mass is 32.2. The van der Waals surface area contributed by atoms with Gasteiger partial charge in [-0.3, -0.25) is 9.10 Å². The van der Waals surface area contributed by atoms with Crippen LogP contribution in [0, 0.1) is 13.8 Å². The number of carbonyl (C=O) groups is 1. The number of hydrogen-bond donors (Lipinski definition) is 1. The van der Waals surface area contributed by atoms with Crippen molar-refractivity contribution in [3.05, 3.63) is 77.9 Å².